The molecule has 0 aromatic heterocycles. The normalized spacial score (nSPS) is 30.6. The van der Waals surface area contributed by atoms with Crippen molar-refractivity contribution in [3.8, 4) is 0 Å². The molecule has 0 radical (unpaired) electrons. The van der Waals surface area contributed by atoms with E-state index in [4.69, 9.17) is 0 Å². The fourth-order valence-corrected chi connectivity index (χ4v) is 2.76. The average molecular weight is 199 g/mol. The predicted octanol–water partition coefficient (Wildman–Crippen LogP) is 2.13. The number of likely N-dealkylation sites (N-methyl/N-ethyl adjacent to an activating group) is 1. The molecule has 1 fully saturated rings. The lowest BCUT2D eigenvalue weighted by molar-refractivity contribution is 0.0285. The van der Waals surface area contributed by atoms with Gasteiger partial charge in [-0.2, -0.15) is 0 Å². The summed E-state index contributed by atoms with van der Waals surface area (Å²) in [6.45, 7) is 3.08. The highest BCUT2D eigenvalue weighted by atomic mass is 16.3. The predicted molar refractivity (Wildman–Crippen MR) is 60.3 cm³/mol. The van der Waals surface area contributed by atoms with Crippen molar-refractivity contribution in [3.63, 3.8) is 0 Å². The fourth-order valence-electron chi connectivity index (χ4n) is 2.76. The number of hydrogen-bond acceptors (Lipinski definition) is 2. The Balaban J connectivity index is 2.45. The van der Waals surface area contributed by atoms with Gasteiger partial charge in [-0.1, -0.05) is 32.6 Å². The Morgan fingerprint density at radius 2 is 1.93 bits per heavy atom. The van der Waals surface area contributed by atoms with E-state index in [1.165, 1.54) is 32.1 Å². The molecule has 1 N–H and O–H groups in total. The Morgan fingerprint density at radius 1 is 1.29 bits per heavy atom. The van der Waals surface area contributed by atoms with E-state index in [9.17, 15) is 5.11 Å². The maximum absolute atomic E-state index is 10.1. The topological polar surface area (TPSA) is 23.5 Å². The summed E-state index contributed by atoms with van der Waals surface area (Å²) in [6, 6.07) is 0. The minimum atomic E-state index is -0.116. The smallest absolute Gasteiger partial charge is 0.0697 e. The minimum Gasteiger partial charge on any atom is -0.391 e. The highest BCUT2D eigenvalue weighted by Crippen LogP contribution is 2.34. The molecule has 2 heteroatoms. The van der Waals surface area contributed by atoms with Crippen LogP contribution in [0.2, 0.25) is 0 Å². The Kier molecular flexibility index (Phi) is 4.90. The number of hydrogen-bond donors (Lipinski definition) is 1. The summed E-state index contributed by atoms with van der Waals surface area (Å²) >= 11 is 0. The summed E-state index contributed by atoms with van der Waals surface area (Å²) < 4.78 is 0. The van der Waals surface area contributed by atoms with E-state index in [1.54, 1.807) is 0 Å². The van der Waals surface area contributed by atoms with Gasteiger partial charge in [-0.05, 0) is 32.4 Å². The molecule has 14 heavy (non-hydrogen) atoms. The quantitative estimate of drug-likeness (QED) is 0.749. The third-order valence-corrected chi connectivity index (χ3v) is 3.54. The summed E-state index contributed by atoms with van der Waals surface area (Å²) in [4.78, 5) is 2.09. The molecule has 1 aliphatic rings. The second-order valence-electron chi connectivity index (χ2n) is 4.95. The van der Waals surface area contributed by atoms with Crippen LogP contribution in [0.4, 0.5) is 0 Å². The Bertz CT molecular complexity index is 158. The Morgan fingerprint density at radius 3 is 2.50 bits per heavy atom. The Hall–Kier alpha value is -0.0800. The van der Waals surface area contributed by atoms with E-state index in [2.05, 4.69) is 11.8 Å². The second-order valence-corrected chi connectivity index (χ2v) is 4.95. The van der Waals surface area contributed by atoms with Crippen molar-refractivity contribution in [2.75, 3.05) is 20.6 Å². The first-order chi connectivity index (χ1) is 6.65. The first-order valence-corrected chi connectivity index (χ1v) is 5.98. The largest absolute Gasteiger partial charge is 0.391 e. The number of nitrogens with zero attached hydrogens (tertiary/aromatic N) is 1. The lowest BCUT2D eigenvalue weighted by Gasteiger charge is -2.35. The number of aliphatic hydroxyl groups excluding tert-OH is 1. The van der Waals surface area contributed by atoms with Crippen molar-refractivity contribution in [3.05, 3.63) is 0 Å². The molecule has 84 valence electrons. The van der Waals surface area contributed by atoms with Crippen molar-refractivity contribution < 1.29 is 5.11 Å². The van der Waals surface area contributed by atoms with E-state index in [1.807, 2.05) is 14.1 Å². The summed E-state index contributed by atoms with van der Waals surface area (Å²) in [5, 5.41) is 10.1. The van der Waals surface area contributed by atoms with Gasteiger partial charge < -0.3 is 10.0 Å². The number of aliphatic hydroxyl groups is 1. The van der Waals surface area contributed by atoms with Gasteiger partial charge in [0.2, 0.25) is 0 Å². The SMILES string of the molecule is CCC1CCCCC1C(O)CN(C)C. The van der Waals surface area contributed by atoms with Gasteiger partial charge in [-0.25, -0.2) is 0 Å². The maximum Gasteiger partial charge on any atom is 0.0697 e. The summed E-state index contributed by atoms with van der Waals surface area (Å²) in [5.74, 6) is 1.31. The Labute approximate surface area is 88.3 Å². The van der Waals surface area contributed by atoms with Crippen molar-refractivity contribution in [1.82, 2.24) is 4.90 Å². The molecular weight excluding hydrogens is 174 g/mol. The molecule has 3 atom stereocenters. The molecule has 1 saturated carbocycles. The van der Waals surface area contributed by atoms with Gasteiger partial charge >= 0.3 is 0 Å². The lowest BCUT2D eigenvalue weighted by Crippen LogP contribution is -2.37. The van der Waals surface area contributed by atoms with Crippen molar-refractivity contribution in [2.45, 2.75) is 45.1 Å². The van der Waals surface area contributed by atoms with Crippen LogP contribution in [0.25, 0.3) is 0 Å². The standard InChI is InChI=1S/C12H25NO/c1-4-10-7-5-6-8-11(10)12(14)9-13(2)3/h10-12,14H,4-9H2,1-3H3. The zero-order valence-electron chi connectivity index (χ0n) is 9.87. The van der Waals surface area contributed by atoms with E-state index in [0.29, 0.717) is 5.92 Å². The van der Waals surface area contributed by atoms with E-state index in [-0.39, 0.29) is 6.10 Å². The van der Waals surface area contributed by atoms with Crippen molar-refractivity contribution in [2.24, 2.45) is 11.8 Å². The zero-order valence-corrected chi connectivity index (χ0v) is 9.87. The van der Waals surface area contributed by atoms with Crippen LogP contribution in [0.15, 0.2) is 0 Å². The third kappa shape index (κ3) is 3.25. The molecule has 0 saturated heterocycles. The second kappa shape index (κ2) is 5.72. The van der Waals surface area contributed by atoms with Gasteiger partial charge in [0.25, 0.3) is 0 Å². The highest BCUT2D eigenvalue weighted by molar-refractivity contribution is 4.81. The first kappa shape index (κ1) is 12.0. The lowest BCUT2D eigenvalue weighted by atomic mass is 9.75. The molecular formula is C12H25NO. The molecule has 0 amide bonds. The molecule has 0 aromatic carbocycles. The highest BCUT2D eigenvalue weighted by Gasteiger charge is 2.29. The molecule has 0 heterocycles. The molecule has 1 aliphatic carbocycles. The van der Waals surface area contributed by atoms with Crippen molar-refractivity contribution in [1.29, 1.82) is 0 Å². The summed E-state index contributed by atoms with van der Waals surface area (Å²) in [5.41, 5.74) is 0. The summed E-state index contributed by atoms with van der Waals surface area (Å²) in [7, 11) is 4.07. The first-order valence-electron chi connectivity index (χ1n) is 5.98. The van der Waals surface area contributed by atoms with Crippen molar-refractivity contribution >= 4 is 0 Å². The van der Waals surface area contributed by atoms with Crippen LogP contribution in [-0.4, -0.2) is 36.8 Å². The van der Waals surface area contributed by atoms with E-state index in [0.717, 1.165) is 12.5 Å². The third-order valence-electron chi connectivity index (χ3n) is 3.54. The monoisotopic (exact) mass is 199 g/mol. The van der Waals surface area contributed by atoms with E-state index < -0.39 is 0 Å². The van der Waals surface area contributed by atoms with E-state index >= 15 is 0 Å². The van der Waals surface area contributed by atoms with Crippen LogP contribution < -0.4 is 0 Å². The van der Waals surface area contributed by atoms with Gasteiger partial charge in [-0.3, -0.25) is 0 Å². The molecule has 3 unspecified atom stereocenters. The van der Waals surface area contributed by atoms with Crippen LogP contribution in [0.3, 0.4) is 0 Å². The molecule has 1 rings (SSSR count). The van der Waals surface area contributed by atoms with Crippen LogP contribution in [0.5, 0.6) is 0 Å². The average Bonchev–Trinajstić information content (AvgIpc) is 2.16. The van der Waals surface area contributed by atoms with Gasteiger partial charge in [-0.15, -0.1) is 0 Å². The van der Waals surface area contributed by atoms with Gasteiger partial charge in [0.15, 0.2) is 0 Å². The van der Waals surface area contributed by atoms with Gasteiger partial charge in [0.1, 0.15) is 0 Å². The van der Waals surface area contributed by atoms with Crippen LogP contribution in [0.1, 0.15) is 39.0 Å². The summed E-state index contributed by atoms with van der Waals surface area (Å²) in [6.07, 6.45) is 6.35. The van der Waals surface area contributed by atoms with Crippen LogP contribution in [0, 0.1) is 11.8 Å². The molecule has 0 aromatic rings. The molecule has 2 nitrogen and oxygen atoms in total. The minimum absolute atomic E-state index is 0.116. The maximum atomic E-state index is 10.1. The zero-order chi connectivity index (χ0) is 10.6. The van der Waals surface area contributed by atoms with Gasteiger partial charge in [0, 0.05) is 6.54 Å². The van der Waals surface area contributed by atoms with Gasteiger partial charge in [0.05, 0.1) is 6.10 Å². The molecule has 0 spiro atoms. The molecule has 0 aliphatic heterocycles. The number of rotatable bonds is 4. The van der Waals surface area contributed by atoms with Crippen LogP contribution in [-0.2, 0) is 0 Å². The molecule has 0 bridgehead atoms. The fraction of sp³-hybridized carbons (Fsp3) is 1.00. The van der Waals surface area contributed by atoms with Crippen LogP contribution >= 0.6 is 0 Å².